The lowest BCUT2D eigenvalue weighted by Gasteiger charge is -2.22. The zero-order valence-electron chi connectivity index (χ0n) is 16.5. The largest absolute Gasteiger partial charge is 0.492 e. The molecule has 1 saturated carbocycles. The van der Waals surface area contributed by atoms with Crippen LogP contribution in [0.5, 0.6) is 5.75 Å². The Bertz CT molecular complexity index is 1100. The number of ether oxygens (including phenoxy) is 1. The standard InChI is InChI=1S/C23H24ClN3O2/c1-2-29-21-13-12-16(14-19(21)24)15-25-27-22(17-8-4-3-5-9-17)26-20-11-7-6-10-18(20)23(27)28/h6-7,10-15,17H,2-5,8-9H2,1H3. The van der Waals surface area contributed by atoms with Gasteiger partial charge in [0, 0.05) is 5.92 Å². The second-order valence-electron chi connectivity index (χ2n) is 7.31. The summed E-state index contributed by atoms with van der Waals surface area (Å²) < 4.78 is 6.95. The summed E-state index contributed by atoms with van der Waals surface area (Å²) in [6.45, 7) is 2.47. The SMILES string of the molecule is CCOc1ccc(C=Nn2c(C3CCCCC3)nc3ccccc3c2=O)cc1Cl. The number of halogens is 1. The van der Waals surface area contributed by atoms with E-state index < -0.39 is 0 Å². The van der Waals surface area contributed by atoms with Crippen LogP contribution in [0.25, 0.3) is 10.9 Å². The van der Waals surface area contributed by atoms with Gasteiger partial charge in [-0.25, -0.2) is 4.98 Å². The third kappa shape index (κ3) is 4.20. The molecular weight excluding hydrogens is 386 g/mol. The number of hydrogen-bond acceptors (Lipinski definition) is 4. The molecule has 0 unspecified atom stereocenters. The van der Waals surface area contributed by atoms with E-state index in [2.05, 4.69) is 5.10 Å². The molecule has 0 atom stereocenters. The van der Waals surface area contributed by atoms with Crippen LogP contribution in [0, 0.1) is 0 Å². The van der Waals surface area contributed by atoms with Gasteiger partial charge in [0.1, 0.15) is 11.6 Å². The minimum Gasteiger partial charge on any atom is -0.492 e. The summed E-state index contributed by atoms with van der Waals surface area (Å²) in [6, 6.07) is 12.9. The number of rotatable bonds is 5. The van der Waals surface area contributed by atoms with Gasteiger partial charge >= 0.3 is 0 Å². The minimum atomic E-state index is -0.135. The van der Waals surface area contributed by atoms with E-state index in [1.807, 2.05) is 37.3 Å². The van der Waals surface area contributed by atoms with Crippen LogP contribution < -0.4 is 10.3 Å². The lowest BCUT2D eigenvalue weighted by molar-refractivity contribution is 0.340. The fourth-order valence-electron chi connectivity index (χ4n) is 3.87. The molecule has 0 N–H and O–H groups in total. The van der Waals surface area contributed by atoms with Crippen molar-refractivity contribution in [2.24, 2.45) is 5.10 Å². The van der Waals surface area contributed by atoms with Gasteiger partial charge in [-0.1, -0.05) is 43.0 Å². The average Bonchev–Trinajstić information content (AvgIpc) is 2.75. The van der Waals surface area contributed by atoms with E-state index in [9.17, 15) is 4.79 Å². The summed E-state index contributed by atoms with van der Waals surface area (Å²) in [6.07, 6.45) is 7.29. The van der Waals surface area contributed by atoms with Crippen molar-refractivity contribution in [1.29, 1.82) is 0 Å². The molecule has 5 nitrogen and oxygen atoms in total. The molecule has 0 amide bonds. The topological polar surface area (TPSA) is 56.5 Å². The first-order valence-corrected chi connectivity index (χ1v) is 10.5. The molecule has 0 saturated heterocycles. The van der Waals surface area contributed by atoms with E-state index in [1.54, 1.807) is 18.3 Å². The highest BCUT2D eigenvalue weighted by Crippen LogP contribution is 2.32. The van der Waals surface area contributed by atoms with Gasteiger partial charge in [-0.3, -0.25) is 4.79 Å². The van der Waals surface area contributed by atoms with Crippen LogP contribution in [0.1, 0.15) is 56.3 Å². The van der Waals surface area contributed by atoms with Gasteiger partial charge in [-0.15, -0.1) is 0 Å². The highest BCUT2D eigenvalue weighted by Gasteiger charge is 2.22. The molecule has 1 aliphatic rings. The quantitative estimate of drug-likeness (QED) is 0.531. The van der Waals surface area contributed by atoms with Crippen molar-refractivity contribution in [2.75, 3.05) is 6.61 Å². The molecule has 2 aromatic carbocycles. The van der Waals surface area contributed by atoms with Crippen molar-refractivity contribution < 1.29 is 4.74 Å². The van der Waals surface area contributed by atoms with Crippen LogP contribution in [0.4, 0.5) is 0 Å². The zero-order valence-corrected chi connectivity index (χ0v) is 17.2. The summed E-state index contributed by atoms with van der Waals surface area (Å²) in [4.78, 5) is 18.0. The monoisotopic (exact) mass is 409 g/mol. The van der Waals surface area contributed by atoms with Crippen LogP contribution in [-0.2, 0) is 0 Å². The van der Waals surface area contributed by atoms with Gasteiger partial charge in [0.15, 0.2) is 0 Å². The summed E-state index contributed by atoms with van der Waals surface area (Å²) >= 11 is 6.28. The molecular formula is C23H24ClN3O2. The molecule has 4 rings (SSSR count). The summed E-state index contributed by atoms with van der Waals surface area (Å²) in [5, 5.41) is 5.63. The van der Waals surface area contributed by atoms with E-state index >= 15 is 0 Å². The van der Waals surface area contributed by atoms with Crippen molar-refractivity contribution >= 4 is 28.7 Å². The van der Waals surface area contributed by atoms with E-state index in [0.717, 1.165) is 42.6 Å². The first kappa shape index (κ1) is 19.6. The highest BCUT2D eigenvalue weighted by atomic mass is 35.5. The van der Waals surface area contributed by atoms with Crippen LogP contribution in [-0.4, -0.2) is 22.5 Å². The van der Waals surface area contributed by atoms with Crippen LogP contribution in [0.3, 0.4) is 0 Å². The molecule has 1 aliphatic carbocycles. The summed E-state index contributed by atoms with van der Waals surface area (Å²) in [7, 11) is 0. The van der Waals surface area contributed by atoms with Crippen LogP contribution in [0.15, 0.2) is 52.4 Å². The maximum absolute atomic E-state index is 13.2. The highest BCUT2D eigenvalue weighted by molar-refractivity contribution is 6.32. The number of aromatic nitrogens is 2. The van der Waals surface area contributed by atoms with E-state index in [4.69, 9.17) is 21.3 Å². The lowest BCUT2D eigenvalue weighted by Crippen LogP contribution is -2.25. The van der Waals surface area contributed by atoms with Crippen molar-refractivity contribution in [1.82, 2.24) is 9.66 Å². The molecule has 0 aliphatic heterocycles. The number of fused-ring (bicyclic) bond motifs is 1. The molecule has 1 heterocycles. The molecule has 0 bridgehead atoms. The van der Waals surface area contributed by atoms with E-state index in [0.29, 0.717) is 22.8 Å². The Morgan fingerprint density at radius 1 is 1.21 bits per heavy atom. The maximum Gasteiger partial charge on any atom is 0.282 e. The fourth-order valence-corrected chi connectivity index (χ4v) is 4.12. The Labute approximate surface area is 175 Å². The first-order chi connectivity index (χ1) is 14.2. The molecule has 0 radical (unpaired) electrons. The Morgan fingerprint density at radius 2 is 2.00 bits per heavy atom. The summed E-state index contributed by atoms with van der Waals surface area (Å²) in [5.41, 5.74) is 1.39. The Morgan fingerprint density at radius 3 is 2.76 bits per heavy atom. The van der Waals surface area contributed by atoms with Crippen molar-refractivity contribution in [3.05, 3.63) is 69.2 Å². The minimum absolute atomic E-state index is 0.135. The summed E-state index contributed by atoms with van der Waals surface area (Å²) in [5.74, 6) is 1.64. The van der Waals surface area contributed by atoms with Crippen LogP contribution >= 0.6 is 11.6 Å². The first-order valence-electron chi connectivity index (χ1n) is 10.2. The second kappa shape index (κ2) is 8.78. The Hall–Kier alpha value is -2.66. The third-order valence-corrected chi connectivity index (χ3v) is 5.62. The Balaban J connectivity index is 1.77. The molecule has 1 aromatic heterocycles. The number of hydrogen-bond donors (Lipinski definition) is 0. The van der Waals surface area contributed by atoms with Gasteiger partial charge in [-0.05, 0) is 55.7 Å². The predicted octanol–water partition coefficient (Wildman–Crippen LogP) is 5.38. The zero-order chi connectivity index (χ0) is 20.2. The number of nitrogens with zero attached hydrogens (tertiary/aromatic N) is 3. The fraction of sp³-hybridized carbons (Fsp3) is 0.348. The van der Waals surface area contributed by atoms with Gasteiger partial charge < -0.3 is 4.74 Å². The second-order valence-corrected chi connectivity index (χ2v) is 7.71. The van der Waals surface area contributed by atoms with Crippen molar-refractivity contribution in [2.45, 2.75) is 44.9 Å². The van der Waals surface area contributed by atoms with Crippen molar-refractivity contribution in [3.63, 3.8) is 0 Å². The van der Waals surface area contributed by atoms with E-state index in [-0.39, 0.29) is 11.5 Å². The normalized spacial score (nSPS) is 15.2. The van der Waals surface area contributed by atoms with E-state index in [1.165, 1.54) is 11.1 Å². The number of para-hydroxylation sites is 1. The van der Waals surface area contributed by atoms with Gasteiger partial charge in [-0.2, -0.15) is 9.78 Å². The van der Waals surface area contributed by atoms with Gasteiger partial charge in [0.2, 0.25) is 0 Å². The molecule has 1 fully saturated rings. The molecule has 0 spiro atoms. The number of benzene rings is 2. The predicted molar refractivity (Wildman–Crippen MR) is 117 cm³/mol. The average molecular weight is 410 g/mol. The maximum atomic E-state index is 13.2. The molecule has 150 valence electrons. The van der Waals surface area contributed by atoms with Crippen molar-refractivity contribution in [3.8, 4) is 5.75 Å². The van der Waals surface area contributed by atoms with Gasteiger partial charge in [0.25, 0.3) is 5.56 Å². The molecule has 6 heteroatoms. The lowest BCUT2D eigenvalue weighted by atomic mass is 9.88. The third-order valence-electron chi connectivity index (χ3n) is 5.33. The van der Waals surface area contributed by atoms with Gasteiger partial charge in [0.05, 0.1) is 28.7 Å². The molecule has 3 aromatic rings. The smallest absolute Gasteiger partial charge is 0.282 e. The molecule has 29 heavy (non-hydrogen) atoms. The Kier molecular flexibility index (Phi) is 5.95. The van der Waals surface area contributed by atoms with Crippen LogP contribution in [0.2, 0.25) is 5.02 Å².